The number of hydrogen-bond acceptors (Lipinski definition) is 3. The van der Waals surface area contributed by atoms with Crippen LogP contribution in [0.1, 0.15) is 13.8 Å². The summed E-state index contributed by atoms with van der Waals surface area (Å²) in [6.45, 7) is 6.08. The van der Waals surface area contributed by atoms with Gasteiger partial charge in [-0.25, -0.2) is 9.37 Å². The fourth-order valence-electron chi connectivity index (χ4n) is 2.83. The molecule has 0 radical (unpaired) electrons. The van der Waals surface area contributed by atoms with E-state index >= 15 is 0 Å². The van der Waals surface area contributed by atoms with Gasteiger partial charge in [-0.15, -0.1) is 0 Å². The monoisotopic (exact) mass is 285 g/mol. The van der Waals surface area contributed by atoms with Gasteiger partial charge in [-0.1, -0.05) is 25.4 Å². The molecule has 0 amide bonds. The normalized spacial score (nSPS) is 23.7. The fraction of sp³-hybridized carbons (Fsp3) is 0.643. The Balaban J connectivity index is 2.23. The summed E-state index contributed by atoms with van der Waals surface area (Å²) in [6.07, 6.45) is 1.51. The van der Waals surface area contributed by atoms with E-state index in [0.29, 0.717) is 28.7 Å². The van der Waals surface area contributed by atoms with Gasteiger partial charge in [0.1, 0.15) is 0 Å². The van der Waals surface area contributed by atoms with Crippen molar-refractivity contribution in [1.82, 2.24) is 9.88 Å². The van der Waals surface area contributed by atoms with Crippen LogP contribution in [0.25, 0.3) is 0 Å². The zero-order valence-corrected chi connectivity index (χ0v) is 12.7. The van der Waals surface area contributed by atoms with Crippen LogP contribution in [0.5, 0.6) is 0 Å². The molecular formula is C14H21ClFN3. The smallest absolute Gasteiger partial charge is 0.167 e. The molecule has 19 heavy (non-hydrogen) atoms. The van der Waals surface area contributed by atoms with Crippen LogP contribution in [0.3, 0.4) is 0 Å². The van der Waals surface area contributed by atoms with E-state index in [1.807, 2.05) is 4.90 Å². The van der Waals surface area contributed by atoms with E-state index in [1.165, 1.54) is 12.3 Å². The molecule has 1 aliphatic rings. The summed E-state index contributed by atoms with van der Waals surface area (Å²) < 4.78 is 14.0. The average molecular weight is 286 g/mol. The molecule has 1 saturated heterocycles. The highest BCUT2D eigenvalue weighted by Crippen LogP contribution is 2.31. The minimum absolute atomic E-state index is 0.338. The van der Waals surface area contributed by atoms with Crippen LogP contribution < -0.4 is 4.90 Å². The van der Waals surface area contributed by atoms with Crippen molar-refractivity contribution in [1.29, 1.82) is 0 Å². The number of hydrogen-bond donors (Lipinski definition) is 0. The number of nitrogens with zero attached hydrogens (tertiary/aromatic N) is 3. The highest BCUT2D eigenvalue weighted by molar-refractivity contribution is 6.30. The van der Waals surface area contributed by atoms with E-state index in [1.54, 1.807) is 0 Å². The van der Waals surface area contributed by atoms with Crippen LogP contribution in [0.15, 0.2) is 12.3 Å². The zero-order valence-electron chi connectivity index (χ0n) is 11.9. The number of likely N-dealkylation sites (N-methyl/N-ethyl adjacent to an activating group) is 1. The van der Waals surface area contributed by atoms with Crippen LogP contribution >= 0.6 is 11.6 Å². The van der Waals surface area contributed by atoms with Gasteiger partial charge in [-0.3, -0.25) is 0 Å². The standard InChI is InChI=1S/C14H21ClFN3/c1-9(2)11-7-19(8-13(11)18(3)4)14-12(16)5-10(15)6-17-14/h5-6,9,11,13H,7-8H2,1-4H3/t11-,13+/m0/s1. The van der Waals surface area contributed by atoms with Gasteiger partial charge in [0, 0.05) is 25.3 Å². The Bertz CT molecular complexity index is 434. The van der Waals surface area contributed by atoms with E-state index in [0.717, 1.165) is 13.1 Å². The predicted molar refractivity (Wildman–Crippen MR) is 77.2 cm³/mol. The van der Waals surface area contributed by atoms with E-state index in [-0.39, 0.29) is 5.82 Å². The first kappa shape index (κ1) is 14.5. The molecule has 1 aliphatic heterocycles. The molecule has 0 bridgehead atoms. The number of anilines is 1. The second-order valence-electron chi connectivity index (χ2n) is 5.80. The molecule has 106 valence electrons. The van der Waals surface area contributed by atoms with Crippen molar-refractivity contribution in [2.45, 2.75) is 19.9 Å². The Hall–Kier alpha value is -0.870. The Morgan fingerprint density at radius 3 is 2.58 bits per heavy atom. The highest BCUT2D eigenvalue weighted by atomic mass is 35.5. The Morgan fingerprint density at radius 2 is 2.11 bits per heavy atom. The highest BCUT2D eigenvalue weighted by Gasteiger charge is 2.37. The molecule has 1 aromatic rings. The number of aromatic nitrogens is 1. The Morgan fingerprint density at radius 1 is 1.42 bits per heavy atom. The summed E-state index contributed by atoms with van der Waals surface area (Å²) in [6, 6.07) is 1.76. The van der Waals surface area contributed by atoms with Gasteiger partial charge in [0.25, 0.3) is 0 Å². The van der Waals surface area contributed by atoms with Gasteiger partial charge in [0.2, 0.25) is 0 Å². The molecule has 5 heteroatoms. The average Bonchev–Trinajstić information content (AvgIpc) is 2.73. The van der Waals surface area contributed by atoms with Crippen molar-refractivity contribution in [2.75, 3.05) is 32.1 Å². The van der Waals surface area contributed by atoms with Crippen LogP contribution in [0, 0.1) is 17.7 Å². The van der Waals surface area contributed by atoms with E-state index in [4.69, 9.17) is 11.6 Å². The second kappa shape index (κ2) is 5.63. The molecular weight excluding hydrogens is 265 g/mol. The van der Waals surface area contributed by atoms with Crippen molar-refractivity contribution >= 4 is 17.4 Å². The lowest BCUT2D eigenvalue weighted by atomic mass is 9.91. The van der Waals surface area contributed by atoms with Crippen LogP contribution in [-0.4, -0.2) is 43.1 Å². The summed E-state index contributed by atoms with van der Waals surface area (Å²) in [5.74, 6) is 1.16. The third-order valence-corrected chi connectivity index (χ3v) is 4.15. The van der Waals surface area contributed by atoms with Crippen LogP contribution in [-0.2, 0) is 0 Å². The minimum Gasteiger partial charge on any atom is -0.352 e. The topological polar surface area (TPSA) is 19.4 Å². The molecule has 2 atom stereocenters. The lowest BCUT2D eigenvalue weighted by Gasteiger charge is -2.27. The van der Waals surface area contributed by atoms with E-state index < -0.39 is 0 Å². The fourth-order valence-corrected chi connectivity index (χ4v) is 2.97. The first-order valence-electron chi connectivity index (χ1n) is 6.62. The van der Waals surface area contributed by atoms with Crippen molar-refractivity contribution in [3.05, 3.63) is 23.1 Å². The number of halogens is 2. The van der Waals surface area contributed by atoms with Crippen molar-refractivity contribution in [3.63, 3.8) is 0 Å². The molecule has 1 aromatic heterocycles. The van der Waals surface area contributed by atoms with Gasteiger partial charge in [-0.05, 0) is 32.0 Å². The van der Waals surface area contributed by atoms with E-state index in [2.05, 4.69) is 37.8 Å². The quantitative estimate of drug-likeness (QED) is 0.851. The molecule has 0 unspecified atom stereocenters. The molecule has 0 aromatic carbocycles. The molecule has 0 spiro atoms. The molecule has 0 saturated carbocycles. The van der Waals surface area contributed by atoms with Crippen molar-refractivity contribution in [2.24, 2.45) is 11.8 Å². The van der Waals surface area contributed by atoms with Gasteiger partial charge in [0.15, 0.2) is 11.6 Å². The van der Waals surface area contributed by atoms with Crippen molar-refractivity contribution in [3.8, 4) is 0 Å². The molecule has 0 aliphatic carbocycles. The minimum atomic E-state index is -0.339. The first-order chi connectivity index (χ1) is 8.90. The maximum Gasteiger partial charge on any atom is 0.167 e. The molecule has 2 rings (SSSR count). The van der Waals surface area contributed by atoms with Crippen LogP contribution in [0.4, 0.5) is 10.2 Å². The number of rotatable bonds is 3. The molecule has 3 nitrogen and oxygen atoms in total. The third-order valence-electron chi connectivity index (χ3n) is 3.94. The van der Waals surface area contributed by atoms with Gasteiger partial charge in [-0.2, -0.15) is 0 Å². The third kappa shape index (κ3) is 3.00. The summed E-state index contributed by atoms with van der Waals surface area (Å²) >= 11 is 5.75. The zero-order chi connectivity index (χ0) is 14.2. The second-order valence-corrected chi connectivity index (χ2v) is 6.24. The van der Waals surface area contributed by atoms with Crippen LogP contribution in [0.2, 0.25) is 5.02 Å². The Kier molecular flexibility index (Phi) is 4.31. The lowest BCUT2D eigenvalue weighted by Crippen LogP contribution is -2.37. The molecule has 0 N–H and O–H groups in total. The maximum absolute atomic E-state index is 14.0. The molecule has 2 heterocycles. The maximum atomic E-state index is 14.0. The Labute approximate surface area is 119 Å². The van der Waals surface area contributed by atoms with Gasteiger partial charge < -0.3 is 9.80 Å². The molecule has 1 fully saturated rings. The van der Waals surface area contributed by atoms with Crippen molar-refractivity contribution < 1.29 is 4.39 Å². The van der Waals surface area contributed by atoms with Gasteiger partial charge in [0.05, 0.1) is 5.02 Å². The summed E-state index contributed by atoms with van der Waals surface area (Å²) in [5, 5.41) is 0.338. The first-order valence-corrected chi connectivity index (χ1v) is 7.00. The van der Waals surface area contributed by atoms with E-state index in [9.17, 15) is 4.39 Å². The summed E-state index contributed by atoms with van der Waals surface area (Å²) in [4.78, 5) is 8.40. The largest absolute Gasteiger partial charge is 0.352 e. The predicted octanol–water partition coefficient (Wildman–Crippen LogP) is 2.90. The summed E-state index contributed by atoms with van der Waals surface area (Å²) in [7, 11) is 4.16. The SMILES string of the molecule is CC(C)[C@@H]1CN(c2ncc(Cl)cc2F)C[C@H]1N(C)C. The number of pyridine rings is 1. The lowest BCUT2D eigenvalue weighted by molar-refractivity contribution is 0.216. The summed E-state index contributed by atoms with van der Waals surface area (Å²) in [5.41, 5.74) is 0. The van der Waals surface area contributed by atoms with Gasteiger partial charge >= 0.3 is 0 Å².